The van der Waals surface area contributed by atoms with E-state index < -0.39 is 11.5 Å². The Labute approximate surface area is 66.4 Å². The zero-order valence-corrected chi connectivity index (χ0v) is 7.16. The summed E-state index contributed by atoms with van der Waals surface area (Å²) in [6.07, 6.45) is 0. The maximum Gasteiger partial charge on any atom is 0.323 e. The molecular formula is C7H15NO3. The van der Waals surface area contributed by atoms with Crippen LogP contribution in [0.5, 0.6) is 0 Å². The van der Waals surface area contributed by atoms with Crippen LogP contribution in [0.3, 0.4) is 0 Å². The molecule has 0 spiro atoms. The lowest BCUT2D eigenvalue weighted by Gasteiger charge is -2.30. The van der Waals surface area contributed by atoms with Crippen LogP contribution < -0.4 is 0 Å². The SMILES string of the molecule is CN(CCO)C(C)(C)C(=O)O. The highest BCUT2D eigenvalue weighted by molar-refractivity contribution is 5.77. The second-order valence-electron chi connectivity index (χ2n) is 3.01. The molecular weight excluding hydrogens is 146 g/mol. The monoisotopic (exact) mass is 161 g/mol. The minimum Gasteiger partial charge on any atom is -0.480 e. The smallest absolute Gasteiger partial charge is 0.323 e. The van der Waals surface area contributed by atoms with E-state index in [0.29, 0.717) is 6.54 Å². The molecule has 0 heterocycles. The number of nitrogens with zero attached hydrogens (tertiary/aromatic N) is 1. The van der Waals surface area contributed by atoms with Gasteiger partial charge >= 0.3 is 5.97 Å². The van der Waals surface area contributed by atoms with Crippen molar-refractivity contribution < 1.29 is 15.0 Å². The van der Waals surface area contributed by atoms with Crippen LogP contribution in [0.2, 0.25) is 0 Å². The van der Waals surface area contributed by atoms with E-state index in [4.69, 9.17) is 10.2 Å². The molecule has 0 bridgehead atoms. The highest BCUT2D eigenvalue weighted by Crippen LogP contribution is 2.10. The number of aliphatic carboxylic acids is 1. The zero-order valence-electron chi connectivity index (χ0n) is 7.16. The number of rotatable bonds is 4. The number of carboxylic acid groups (broad SMARTS) is 1. The van der Waals surface area contributed by atoms with Crippen LogP contribution >= 0.6 is 0 Å². The summed E-state index contributed by atoms with van der Waals surface area (Å²) in [5.74, 6) is -0.881. The van der Waals surface area contributed by atoms with Crippen LogP contribution in [0, 0.1) is 0 Å². The van der Waals surface area contributed by atoms with Gasteiger partial charge in [0.25, 0.3) is 0 Å². The lowest BCUT2D eigenvalue weighted by Crippen LogP contribution is -2.48. The predicted molar refractivity (Wildman–Crippen MR) is 41.4 cm³/mol. The van der Waals surface area contributed by atoms with E-state index in [2.05, 4.69) is 0 Å². The average Bonchev–Trinajstić information content (AvgIpc) is 1.88. The van der Waals surface area contributed by atoms with Crippen molar-refractivity contribution in [3.05, 3.63) is 0 Å². The molecule has 0 aromatic heterocycles. The number of hydrogen-bond donors (Lipinski definition) is 2. The molecule has 0 aromatic rings. The summed E-state index contributed by atoms with van der Waals surface area (Å²) in [5.41, 5.74) is -0.900. The van der Waals surface area contributed by atoms with Crippen molar-refractivity contribution in [2.24, 2.45) is 0 Å². The standard InChI is InChI=1S/C7H15NO3/c1-7(2,6(10)11)8(3)4-5-9/h9H,4-5H2,1-3H3,(H,10,11). The largest absolute Gasteiger partial charge is 0.480 e. The van der Waals surface area contributed by atoms with Crippen molar-refractivity contribution in [1.82, 2.24) is 4.90 Å². The van der Waals surface area contributed by atoms with Gasteiger partial charge in [-0.05, 0) is 20.9 Å². The molecule has 0 saturated heterocycles. The Kier molecular flexibility index (Phi) is 3.48. The first-order valence-corrected chi connectivity index (χ1v) is 3.48. The van der Waals surface area contributed by atoms with Gasteiger partial charge in [-0.3, -0.25) is 9.69 Å². The summed E-state index contributed by atoms with van der Waals surface area (Å²) in [6, 6.07) is 0. The summed E-state index contributed by atoms with van der Waals surface area (Å²) >= 11 is 0. The van der Waals surface area contributed by atoms with E-state index in [1.807, 2.05) is 0 Å². The molecule has 0 aliphatic heterocycles. The molecule has 0 fully saturated rings. The van der Waals surface area contributed by atoms with Gasteiger partial charge < -0.3 is 10.2 Å². The predicted octanol–water partition coefficient (Wildman–Crippen LogP) is -0.226. The van der Waals surface area contributed by atoms with Crippen LogP contribution in [0.4, 0.5) is 0 Å². The maximum absolute atomic E-state index is 10.6. The van der Waals surface area contributed by atoms with Crippen molar-refractivity contribution in [2.75, 3.05) is 20.2 Å². The number of carbonyl (C=O) groups is 1. The molecule has 0 rings (SSSR count). The Morgan fingerprint density at radius 2 is 2.00 bits per heavy atom. The minimum atomic E-state index is -0.900. The molecule has 0 aliphatic carbocycles. The maximum atomic E-state index is 10.6. The second-order valence-corrected chi connectivity index (χ2v) is 3.01. The molecule has 0 aromatic carbocycles. The summed E-state index contributed by atoms with van der Waals surface area (Å²) in [7, 11) is 1.67. The molecule has 4 nitrogen and oxygen atoms in total. The second kappa shape index (κ2) is 3.69. The molecule has 0 unspecified atom stereocenters. The van der Waals surface area contributed by atoms with E-state index >= 15 is 0 Å². The van der Waals surface area contributed by atoms with E-state index in [9.17, 15) is 4.79 Å². The molecule has 0 amide bonds. The van der Waals surface area contributed by atoms with Gasteiger partial charge in [-0.1, -0.05) is 0 Å². The van der Waals surface area contributed by atoms with Crippen molar-refractivity contribution >= 4 is 5.97 Å². The van der Waals surface area contributed by atoms with Crippen LogP contribution in [0.1, 0.15) is 13.8 Å². The first-order chi connectivity index (χ1) is 4.92. The number of aliphatic hydroxyl groups is 1. The zero-order chi connectivity index (χ0) is 9.07. The van der Waals surface area contributed by atoms with Gasteiger partial charge in [-0.25, -0.2) is 0 Å². The van der Waals surface area contributed by atoms with Crippen LogP contribution in [-0.4, -0.2) is 46.8 Å². The summed E-state index contributed by atoms with van der Waals surface area (Å²) in [5, 5.41) is 17.3. The third kappa shape index (κ3) is 2.48. The first-order valence-electron chi connectivity index (χ1n) is 3.48. The third-order valence-electron chi connectivity index (χ3n) is 1.91. The topological polar surface area (TPSA) is 60.8 Å². The molecule has 11 heavy (non-hydrogen) atoms. The normalized spacial score (nSPS) is 12.1. The van der Waals surface area contributed by atoms with Crippen molar-refractivity contribution in [3.8, 4) is 0 Å². The lowest BCUT2D eigenvalue weighted by molar-refractivity contribution is -0.148. The Morgan fingerprint density at radius 1 is 1.55 bits per heavy atom. The number of hydrogen-bond acceptors (Lipinski definition) is 3. The Morgan fingerprint density at radius 3 is 2.27 bits per heavy atom. The third-order valence-corrected chi connectivity index (χ3v) is 1.91. The van der Waals surface area contributed by atoms with Gasteiger partial charge in [0.05, 0.1) is 6.61 Å². The van der Waals surface area contributed by atoms with Gasteiger partial charge in [0.1, 0.15) is 5.54 Å². The molecule has 2 N–H and O–H groups in total. The fourth-order valence-electron chi connectivity index (χ4n) is 0.593. The van der Waals surface area contributed by atoms with Crippen LogP contribution in [0.15, 0.2) is 0 Å². The molecule has 0 saturated carbocycles. The molecule has 0 radical (unpaired) electrons. The number of β-amino-alcohol motifs (C(OH)–C–C–N with tert-alkyl or cyclic N) is 1. The Balaban J connectivity index is 4.17. The van der Waals surface area contributed by atoms with E-state index in [0.717, 1.165) is 0 Å². The van der Waals surface area contributed by atoms with Gasteiger partial charge in [-0.2, -0.15) is 0 Å². The summed E-state index contributed by atoms with van der Waals surface area (Å²) < 4.78 is 0. The number of aliphatic hydroxyl groups excluding tert-OH is 1. The highest BCUT2D eigenvalue weighted by atomic mass is 16.4. The van der Waals surface area contributed by atoms with Crippen LogP contribution in [0.25, 0.3) is 0 Å². The fourth-order valence-corrected chi connectivity index (χ4v) is 0.593. The molecule has 0 atom stereocenters. The highest BCUT2D eigenvalue weighted by Gasteiger charge is 2.31. The summed E-state index contributed by atoms with van der Waals surface area (Å²) in [4.78, 5) is 12.2. The average molecular weight is 161 g/mol. The molecule has 0 aliphatic rings. The Bertz CT molecular complexity index is 145. The van der Waals surface area contributed by atoms with Gasteiger partial charge in [0, 0.05) is 6.54 Å². The van der Waals surface area contributed by atoms with Crippen LogP contribution in [-0.2, 0) is 4.79 Å². The Hall–Kier alpha value is -0.610. The fraction of sp³-hybridized carbons (Fsp3) is 0.857. The van der Waals surface area contributed by atoms with Gasteiger partial charge in [0.15, 0.2) is 0 Å². The first kappa shape index (κ1) is 10.4. The van der Waals surface area contributed by atoms with Crippen molar-refractivity contribution in [3.63, 3.8) is 0 Å². The van der Waals surface area contributed by atoms with Crippen molar-refractivity contribution in [1.29, 1.82) is 0 Å². The van der Waals surface area contributed by atoms with E-state index in [-0.39, 0.29) is 6.61 Å². The minimum absolute atomic E-state index is 0.0206. The molecule has 66 valence electrons. The molecule has 4 heteroatoms. The van der Waals surface area contributed by atoms with Crippen molar-refractivity contribution in [2.45, 2.75) is 19.4 Å². The van der Waals surface area contributed by atoms with E-state index in [1.165, 1.54) is 0 Å². The number of carboxylic acids is 1. The quantitative estimate of drug-likeness (QED) is 0.598. The van der Waals surface area contributed by atoms with Gasteiger partial charge in [-0.15, -0.1) is 0 Å². The van der Waals surface area contributed by atoms with Gasteiger partial charge in [0.2, 0.25) is 0 Å². The summed E-state index contributed by atoms with van der Waals surface area (Å²) in [6.45, 7) is 3.56. The lowest BCUT2D eigenvalue weighted by atomic mass is 10.0. The number of likely N-dealkylation sites (N-methyl/N-ethyl adjacent to an activating group) is 1. The van der Waals surface area contributed by atoms with E-state index in [1.54, 1.807) is 25.8 Å².